The normalized spacial score (nSPS) is 14.0. The number of nitrogens with zero attached hydrogens (tertiary/aromatic N) is 1. The molecule has 0 fully saturated rings. The summed E-state index contributed by atoms with van der Waals surface area (Å²) in [5.74, 6) is 0. The summed E-state index contributed by atoms with van der Waals surface area (Å²) in [4.78, 5) is 0. The van der Waals surface area contributed by atoms with Gasteiger partial charge in [-0.3, -0.25) is 0 Å². The van der Waals surface area contributed by atoms with Crippen molar-refractivity contribution >= 4 is 21.9 Å². The number of aromatic nitrogens is 1. The monoisotopic (exact) mass is 291 g/mol. The van der Waals surface area contributed by atoms with Crippen LogP contribution in [0.5, 0.6) is 0 Å². The first-order valence-corrected chi connectivity index (χ1v) is 7.27. The van der Waals surface area contributed by atoms with E-state index >= 15 is 0 Å². The van der Waals surface area contributed by atoms with E-state index in [4.69, 9.17) is 8.53 Å². The van der Waals surface area contributed by atoms with Crippen LogP contribution in [0.3, 0.4) is 0 Å². The summed E-state index contributed by atoms with van der Waals surface area (Å²) in [5, 5.41) is 2.15. The lowest BCUT2D eigenvalue weighted by molar-refractivity contribution is -0.660. The lowest BCUT2D eigenvalue weighted by Gasteiger charge is -2.05. The maximum Gasteiger partial charge on any atom is 0.216 e. The number of rotatable bonds is 1. The van der Waals surface area contributed by atoms with Gasteiger partial charge in [0.1, 0.15) is 18.2 Å². The van der Waals surface area contributed by atoms with Crippen LogP contribution < -0.4 is 4.57 Å². The number of pyridine rings is 1. The van der Waals surface area contributed by atoms with E-state index in [9.17, 15) is 0 Å². The molecule has 0 amide bonds. The van der Waals surface area contributed by atoms with Crippen molar-refractivity contribution in [1.29, 1.82) is 0 Å². The van der Waals surface area contributed by atoms with Crippen molar-refractivity contribution in [3.63, 3.8) is 0 Å². The molecule has 0 aliphatic carbocycles. The summed E-state index contributed by atoms with van der Waals surface area (Å²) >= 11 is 0. The molecule has 4 rings (SSSR count). The molecule has 0 N–H and O–H groups in total. The molecule has 0 saturated carbocycles. The highest BCUT2D eigenvalue weighted by Gasteiger charge is 2.20. The SMILES string of the molecule is [2H]C([2H])([2H])c1ccc(-c2c(C)ccc3c2oc2ccccc23)[n+](C)c1. The van der Waals surface area contributed by atoms with Gasteiger partial charge in [-0.2, -0.15) is 0 Å². The molecule has 2 heteroatoms. The summed E-state index contributed by atoms with van der Waals surface area (Å²) in [6.07, 6.45) is 1.67. The predicted octanol–water partition coefficient (Wildman–Crippen LogP) is 4.69. The third-order valence-electron chi connectivity index (χ3n) is 4.14. The maximum atomic E-state index is 7.59. The quantitative estimate of drug-likeness (QED) is 0.465. The number of benzene rings is 2. The molecule has 2 aromatic heterocycles. The Labute approximate surface area is 133 Å². The minimum atomic E-state index is -2.11. The largest absolute Gasteiger partial charge is 0.455 e. The number of aryl methyl sites for hydroxylation is 3. The molecule has 22 heavy (non-hydrogen) atoms. The van der Waals surface area contributed by atoms with Crippen molar-refractivity contribution in [3.8, 4) is 11.3 Å². The van der Waals surface area contributed by atoms with E-state index in [1.54, 1.807) is 12.3 Å². The van der Waals surface area contributed by atoms with Gasteiger partial charge in [0.15, 0.2) is 6.20 Å². The van der Waals surface area contributed by atoms with Gasteiger partial charge in [0.05, 0.1) is 5.56 Å². The van der Waals surface area contributed by atoms with E-state index in [1.807, 2.05) is 42.8 Å². The fourth-order valence-corrected chi connectivity index (χ4v) is 3.07. The van der Waals surface area contributed by atoms with Gasteiger partial charge in [-0.15, -0.1) is 0 Å². The molecule has 2 heterocycles. The highest BCUT2D eigenvalue weighted by Crippen LogP contribution is 2.36. The predicted molar refractivity (Wildman–Crippen MR) is 89.8 cm³/mol. The Morgan fingerprint density at radius 3 is 2.68 bits per heavy atom. The zero-order valence-corrected chi connectivity index (χ0v) is 12.6. The zero-order chi connectivity index (χ0) is 17.8. The molecule has 0 aliphatic heterocycles. The zero-order valence-electron chi connectivity index (χ0n) is 15.6. The minimum Gasteiger partial charge on any atom is -0.455 e. The fourth-order valence-electron chi connectivity index (χ4n) is 3.07. The third kappa shape index (κ3) is 1.84. The highest BCUT2D eigenvalue weighted by molar-refractivity contribution is 6.09. The van der Waals surface area contributed by atoms with Crippen LogP contribution in [0.1, 0.15) is 15.2 Å². The van der Waals surface area contributed by atoms with Gasteiger partial charge in [-0.1, -0.05) is 30.3 Å². The first-order chi connectivity index (χ1) is 11.9. The average Bonchev–Trinajstić information content (AvgIpc) is 2.93. The van der Waals surface area contributed by atoms with E-state index in [1.165, 1.54) is 0 Å². The van der Waals surface area contributed by atoms with Gasteiger partial charge >= 0.3 is 0 Å². The van der Waals surface area contributed by atoms with Crippen LogP contribution in [0.15, 0.2) is 59.1 Å². The van der Waals surface area contributed by atoms with Crippen LogP contribution in [0.4, 0.5) is 0 Å². The van der Waals surface area contributed by atoms with E-state index in [2.05, 4.69) is 18.2 Å². The lowest BCUT2D eigenvalue weighted by Crippen LogP contribution is -2.31. The van der Waals surface area contributed by atoms with Gasteiger partial charge < -0.3 is 4.42 Å². The first kappa shape index (κ1) is 10.2. The maximum absolute atomic E-state index is 7.59. The molecule has 2 nitrogen and oxygen atoms in total. The molecule has 0 spiro atoms. The lowest BCUT2D eigenvalue weighted by atomic mass is 10.0. The molecule has 0 bridgehead atoms. The molecule has 0 radical (unpaired) electrons. The van der Waals surface area contributed by atoms with Crippen molar-refractivity contribution in [3.05, 3.63) is 65.9 Å². The molecular formula is C20H18NO+. The van der Waals surface area contributed by atoms with Gasteiger partial charge in [0, 0.05) is 26.5 Å². The van der Waals surface area contributed by atoms with E-state index in [0.717, 1.165) is 38.8 Å². The molecular weight excluding hydrogens is 270 g/mol. The summed E-state index contributed by atoms with van der Waals surface area (Å²) in [6, 6.07) is 15.7. The molecule has 0 atom stereocenters. The van der Waals surface area contributed by atoms with Gasteiger partial charge in [-0.05, 0) is 31.5 Å². The Morgan fingerprint density at radius 2 is 1.86 bits per heavy atom. The fraction of sp³-hybridized carbons (Fsp3) is 0.150. The number of hydrogen-bond acceptors (Lipinski definition) is 1. The van der Waals surface area contributed by atoms with Crippen molar-refractivity contribution in [1.82, 2.24) is 0 Å². The van der Waals surface area contributed by atoms with E-state index in [0.29, 0.717) is 5.56 Å². The van der Waals surface area contributed by atoms with E-state index in [-0.39, 0.29) is 0 Å². The van der Waals surface area contributed by atoms with Crippen LogP contribution in [0, 0.1) is 13.8 Å². The van der Waals surface area contributed by atoms with Gasteiger partial charge in [0.2, 0.25) is 5.69 Å². The average molecular weight is 291 g/mol. The molecule has 0 saturated heterocycles. The molecule has 0 unspecified atom stereocenters. The summed E-state index contributed by atoms with van der Waals surface area (Å²) in [5.41, 5.74) is 5.02. The van der Waals surface area contributed by atoms with Crippen LogP contribution in [0.2, 0.25) is 0 Å². The standard InChI is InChI=1S/C20H18NO/c1-13-8-11-17(21(3)12-13)19-14(2)9-10-16-15-6-4-5-7-18(15)22-20(16)19/h4-12H,1-3H3/q+1/i1D3. The molecule has 0 aliphatic rings. The summed E-state index contributed by atoms with van der Waals surface area (Å²) in [6.45, 7) is -0.0731. The highest BCUT2D eigenvalue weighted by atomic mass is 16.3. The minimum absolute atomic E-state index is 0.327. The van der Waals surface area contributed by atoms with Crippen molar-refractivity contribution in [2.75, 3.05) is 0 Å². The van der Waals surface area contributed by atoms with Gasteiger partial charge in [-0.25, -0.2) is 4.57 Å². The van der Waals surface area contributed by atoms with Crippen LogP contribution in [-0.2, 0) is 7.05 Å². The first-order valence-electron chi connectivity index (χ1n) is 8.77. The van der Waals surface area contributed by atoms with Crippen molar-refractivity contribution in [2.24, 2.45) is 7.05 Å². The Balaban J connectivity index is 2.02. The Kier molecular flexibility index (Phi) is 2.17. The number of para-hydroxylation sites is 1. The number of furan rings is 1. The smallest absolute Gasteiger partial charge is 0.216 e. The van der Waals surface area contributed by atoms with Gasteiger partial charge in [0.25, 0.3) is 0 Å². The molecule has 2 aromatic carbocycles. The van der Waals surface area contributed by atoms with Crippen LogP contribution >= 0.6 is 0 Å². The Bertz CT molecular complexity index is 1110. The number of fused-ring (bicyclic) bond motifs is 3. The molecule has 108 valence electrons. The molecule has 4 aromatic rings. The van der Waals surface area contributed by atoms with Crippen LogP contribution in [0.25, 0.3) is 33.2 Å². The topological polar surface area (TPSA) is 17.0 Å². The summed E-state index contributed by atoms with van der Waals surface area (Å²) < 4.78 is 30.8. The third-order valence-corrected chi connectivity index (χ3v) is 4.14. The summed E-state index contributed by atoms with van der Waals surface area (Å²) in [7, 11) is 1.87. The number of hydrogen-bond donors (Lipinski definition) is 0. The second-order valence-corrected chi connectivity index (χ2v) is 5.65. The second kappa shape index (κ2) is 4.70. The van der Waals surface area contributed by atoms with Crippen LogP contribution in [-0.4, -0.2) is 0 Å². The second-order valence-electron chi connectivity index (χ2n) is 5.65. The van der Waals surface area contributed by atoms with E-state index < -0.39 is 6.85 Å². The Hall–Kier alpha value is -2.61. The van der Waals surface area contributed by atoms with Crippen molar-refractivity contribution < 1.29 is 13.1 Å². The van der Waals surface area contributed by atoms with Crippen molar-refractivity contribution in [2.45, 2.75) is 13.8 Å². The Morgan fingerprint density at radius 1 is 1.00 bits per heavy atom.